The van der Waals surface area contributed by atoms with Crippen molar-refractivity contribution in [2.45, 2.75) is 13.0 Å². The molecule has 0 heterocycles. The highest BCUT2D eigenvalue weighted by Gasteiger charge is 2.06. The minimum absolute atomic E-state index is 0.333. The third-order valence-corrected chi connectivity index (χ3v) is 1.61. The third kappa shape index (κ3) is 1.81. The molecule has 0 saturated heterocycles. The van der Waals surface area contributed by atoms with E-state index < -0.39 is 6.10 Å². The largest absolute Gasteiger partial charge is 0.389 e. The fourth-order valence-corrected chi connectivity index (χ4v) is 0.971. The molecular formula is C8H10BFO. The van der Waals surface area contributed by atoms with E-state index in [0.717, 1.165) is 5.46 Å². The van der Waals surface area contributed by atoms with Crippen LogP contribution in [0.15, 0.2) is 18.2 Å². The van der Waals surface area contributed by atoms with E-state index >= 15 is 0 Å². The first-order chi connectivity index (χ1) is 5.11. The Bertz CT molecular complexity index is 260. The molecule has 0 aliphatic carbocycles. The molecule has 0 aliphatic heterocycles. The fraction of sp³-hybridized carbons (Fsp3) is 0.250. The Morgan fingerprint density at radius 1 is 1.55 bits per heavy atom. The first kappa shape index (κ1) is 8.27. The lowest BCUT2D eigenvalue weighted by Crippen LogP contribution is -2.06. The van der Waals surface area contributed by atoms with Crippen molar-refractivity contribution in [3.63, 3.8) is 0 Å². The summed E-state index contributed by atoms with van der Waals surface area (Å²) < 4.78 is 12.9. The topological polar surface area (TPSA) is 20.2 Å². The van der Waals surface area contributed by atoms with Crippen LogP contribution in [0.2, 0.25) is 0 Å². The number of halogens is 1. The predicted octanol–water partition coefficient (Wildman–Crippen LogP) is 0.137. The average Bonchev–Trinajstić information content (AvgIpc) is 1.85. The molecule has 1 rings (SSSR count). The lowest BCUT2D eigenvalue weighted by Gasteiger charge is -2.05. The number of hydrogen-bond donors (Lipinski definition) is 1. The van der Waals surface area contributed by atoms with Crippen LogP contribution in [-0.2, 0) is 0 Å². The smallest absolute Gasteiger partial charge is 0.139 e. The molecule has 0 radical (unpaired) electrons. The molecule has 0 saturated carbocycles. The second-order valence-corrected chi connectivity index (χ2v) is 2.70. The highest BCUT2D eigenvalue weighted by molar-refractivity contribution is 6.32. The van der Waals surface area contributed by atoms with Crippen molar-refractivity contribution < 1.29 is 9.50 Å². The first-order valence-corrected chi connectivity index (χ1v) is 3.55. The third-order valence-electron chi connectivity index (χ3n) is 1.61. The minimum Gasteiger partial charge on any atom is -0.389 e. The Morgan fingerprint density at radius 2 is 2.18 bits per heavy atom. The fourth-order valence-electron chi connectivity index (χ4n) is 0.971. The van der Waals surface area contributed by atoms with Gasteiger partial charge in [0.2, 0.25) is 0 Å². The molecular weight excluding hydrogens is 142 g/mol. The van der Waals surface area contributed by atoms with Crippen LogP contribution in [0.4, 0.5) is 4.39 Å². The van der Waals surface area contributed by atoms with Crippen molar-refractivity contribution in [3.8, 4) is 0 Å². The number of aliphatic hydroxyl groups excluding tert-OH is 1. The maximum Gasteiger partial charge on any atom is 0.139 e. The molecule has 0 amide bonds. The quantitative estimate of drug-likeness (QED) is 0.567. The van der Waals surface area contributed by atoms with Crippen LogP contribution in [0, 0.1) is 5.82 Å². The van der Waals surface area contributed by atoms with Crippen LogP contribution in [0.1, 0.15) is 18.6 Å². The molecule has 0 aromatic heterocycles. The number of hydrogen-bond acceptors (Lipinski definition) is 1. The van der Waals surface area contributed by atoms with Gasteiger partial charge in [0.05, 0.1) is 6.10 Å². The maximum absolute atomic E-state index is 12.9. The zero-order chi connectivity index (χ0) is 8.43. The predicted molar refractivity (Wildman–Crippen MR) is 45.2 cm³/mol. The maximum atomic E-state index is 12.9. The summed E-state index contributed by atoms with van der Waals surface area (Å²) in [4.78, 5) is 0. The molecule has 58 valence electrons. The monoisotopic (exact) mass is 152 g/mol. The van der Waals surface area contributed by atoms with Crippen molar-refractivity contribution in [2.24, 2.45) is 0 Å². The van der Waals surface area contributed by atoms with Gasteiger partial charge in [0.15, 0.2) is 0 Å². The van der Waals surface area contributed by atoms with E-state index in [1.807, 2.05) is 7.85 Å². The van der Waals surface area contributed by atoms with Gasteiger partial charge in [-0.1, -0.05) is 17.6 Å². The summed E-state index contributed by atoms with van der Waals surface area (Å²) >= 11 is 0. The van der Waals surface area contributed by atoms with Crippen molar-refractivity contribution >= 4 is 13.3 Å². The molecule has 3 heteroatoms. The minimum atomic E-state index is -0.726. The molecule has 1 aromatic rings. The van der Waals surface area contributed by atoms with Gasteiger partial charge in [-0.05, 0) is 13.0 Å². The van der Waals surface area contributed by atoms with Crippen molar-refractivity contribution in [2.75, 3.05) is 0 Å². The van der Waals surface area contributed by atoms with E-state index in [4.69, 9.17) is 5.11 Å². The van der Waals surface area contributed by atoms with Gasteiger partial charge < -0.3 is 5.11 Å². The van der Waals surface area contributed by atoms with Gasteiger partial charge in [-0.2, -0.15) is 0 Å². The van der Waals surface area contributed by atoms with Crippen LogP contribution in [0.25, 0.3) is 0 Å². The van der Waals surface area contributed by atoms with Crippen molar-refractivity contribution in [1.29, 1.82) is 0 Å². The van der Waals surface area contributed by atoms with Gasteiger partial charge in [0, 0.05) is 5.56 Å². The molecule has 1 N–H and O–H groups in total. The van der Waals surface area contributed by atoms with Crippen molar-refractivity contribution in [3.05, 3.63) is 29.6 Å². The average molecular weight is 152 g/mol. The van der Waals surface area contributed by atoms with Crippen LogP contribution >= 0.6 is 0 Å². The summed E-state index contributed by atoms with van der Waals surface area (Å²) in [6.45, 7) is 1.55. The normalized spacial score (nSPS) is 13.0. The molecule has 0 bridgehead atoms. The Balaban J connectivity index is 3.09. The zero-order valence-electron chi connectivity index (χ0n) is 6.63. The van der Waals surface area contributed by atoms with Crippen molar-refractivity contribution in [1.82, 2.24) is 0 Å². The van der Waals surface area contributed by atoms with Gasteiger partial charge in [-0.25, -0.2) is 4.39 Å². The van der Waals surface area contributed by atoms with Crippen LogP contribution < -0.4 is 5.46 Å². The summed E-state index contributed by atoms with van der Waals surface area (Å²) in [5.74, 6) is -0.333. The lowest BCUT2D eigenvalue weighted by molar-refractivity contribution is 0.194. The molecule has 1 aromatic carbocycles. The Kier molecular flexibility index (Phi) is 2.30. The molecule has 1 unspecified atom stereocenters. The van der Waals surface area contributed by atoms with Crippen LogP contribution in [0.3, 0.4) is 0 Å². The number of aliphatic hydroxyl groups is 1. The van der Waals surface area contributed by atoms with Gasteiger partial charge >= 0.3 is 0 Å². The number of rotatable bonds is 1. The Hall–Kier alpha value is -0.825. The molecule has 11 heavy (non-hydrogen) atoms. The van der Waals surface area contributed by atoms with E-state index in [2.05, 4.69) is 0 Å². The van der Waals surface area contributed by atoms with E-state index in [1.54, 1.807) is 19.1 Å². The van der Waals surface area contributed by atoms with Gasteiger partial charge in [0.25, 0.3) is 0 Å². The second kappa shape index (κ2) is 3.05. The Morgan fingerprint density at radius 3 is 2.64 bits per heavy atom. The SMILES string of the molecule is Bc1ccc(C(C)O)c(F)c1. The molecule has 0 fully saturated rings. The molecule has 1 nitrogen and oxygen atoms in total. The van der Waals surface area contributed by atoms with E-state index in [0.29, 0.717) is 5.56 Å². The highest BCUT2D eigenvalue weighted by atomic mass is 19.1. The van der Waals surface area contributed by atoms with E-state index in [1.165, 1.54) is 6.07 Å². The van der Waals surface area contributed by atoms with E-state index in [9.17, 15) is 4.39 Å². The summed E-state index contributed by atoms with van der Waals surface area (Å²) in [6, 6.07) is 4.81. The highest BCUT2D eigenvalue weighted by Crippen LogP contribution is 2.13. The Labute approximate surface area is 66.3 Å². The lowest BCUT2D eigenvalue weighted by atomic mass is 9.94. The molecule has 1 atom stereocenters. The summed E-state index contributed by atoms with van der Waals surface area (Å²) in [6.07, 6.45) is -0.726. The van der Waals surface area contributed by atoms with Gasteiger partial charge in [0.1, 0.15) is 13.7 Å². The van der Waals surface area contributed by atoms with E-state index in [-0.39, 0.29) is 5.82 Å². The van der Waals surface area contributed by atoms with Crippen LogP contribution in [0.5, 0.6) is 0 Å². The van der Waals surface area contributed by atoms with Crippen LogP contribution in [-0.4, -0.2) is 13.0 Å². The van der Waals surface area contributed by atoms with Gasteiger partial charge in [-0.3, -0.25) is 0 Å². The summed E-state index contributed by atoms with van der Waals surface area (Å²) in [5.41, 5.74) is 1.22. The standard InChI is InChI=1S/C8H10BFO/c1-5(11)7-3-2-6(9)4-8(7)10/h2-5,11H,9H2,1H3. The first-order valence-electron chi connectivity index (χ1n) is 3.55. The molecule has 0 spiro atoms. The zero-order valence-corrected chi connectivity index (χ0v) is 6.63. The molecule has 0 aliphatic rings. The second-order valence-electron chi connectivity index (χ2n) is 2.70. The number of benzene rings is 1. The summed E-state index contributed by atoms with van der Waals surface area (Å²) in [5, 5.41) is 9.06. The summed E-state index contributed by atoms with van der Waals surface area (Å²) in [7, 11) is 1.81. The van der Waals surface area contributed by atoms with Gasteiger partial charge in [-0.15, -0.1) is 0 Å².